The van der Waals surface area contributed by atoms with Crippen LogP contribution in [0.2, 0.25) is 0 Å². The largest absolute Gasteiger partial charge is 0.472 e. The molecule has 0 aromatic carbocycles. The number of hydrogen-bond acceptors (Lipinski definition) is 7. The molecule has 124 valence electrons. The zero-order valence-electron chi connectivity index (χ0n) is 12.9. The van der Waals surface area contributed by atoms with Gasteiger partial charge < -0.3 is 14.3 Å². The van der Waals surface area contributed by atoms with Gasteiger partial charge in [0.1, 0.15) is 0 Å². The van der Waals surface area contributed by atoms with Crippen molar-refractivity contribution in [1.82, 2.24) is 20.4 Å². The van der Waals surface area contributed by atoms with E-state index in [4.69, 9.17) is 8.94 Å². The quantitative estimate of drug-likeness (QED) is 0.592. The Morgan fingerprint density at radius 1 is 1.24 bits per heavy atom. The highest BCUT2D eigenvalue weighted by Gasteiger charge is 2.16. The van der Waals surface area contributed by atoms with E-state index in [-0.39, 0.29) is 18.1 Å². The fourth-order valence-electron chi connectivity index (χ4n) is 2.31. The fourth-order valence-corrected chi connectivity index (χ4v) is 2.98. The van der Waals surface area contributed by atoms with E-state index in [1.165, 1.54) is 11.3 Å². The van der Waals surface area contributed by atoms with Gasteiger partial charge in [-0.15, -0.1) is 11.3 Å². The van der Waals surface area contributed by atoms with Gasteiger partial charge in [0, 0.05) is 24.0 Å². The highest BCUT2D eigenvalue weighted by Crippen LogP contribution is 2.25. The monoisotopic (exact) mass is 352 g/mol. The van der Waals surface area contributed by atoms with E-state index in [0.717, 1.165) is 10.4 Å². The summed E-state index contributed by atoms with van der Waals surface area (Å²) < 4.78 is 10.3. The van der Waals surface area contributed by atoms with Crippen LogP contribution < -0.4 is 5.32 Å². The van der Waals surface area contributed by atoms with E-state index in [0.29, 0.717) is 17.1 Å². The maximum atomic E-state index is 12.3. The number of aromatic nitrogens is 3. The van der Waals surface area contributed by atoms with Crippen molar-refractivity contribution in [3.8, 4) is 21.9 Å². The zero-order chi connectivity index (χ0) is 17.1. The Kier molecular flexibility index (Phi) is 4.09. The average Bonchev–Trinajstić information content (AvgIpc) is 3.41. The Morgan fingerprint density at radius 2 is 2.16 bits per heavy atom. The predicted octanol–water partition coefficient (Wildman–Crippen LogP) is 3.38. The molecule has 0 aliphatic heterocycles. The highest BCUT2D eigenvalue weighted by molar-refractivity contribution is 7.13. The number of hydrogen-bond donors (Lipinski definition) is 1. The van der Waals surface area contributed by atoms with Crippen molar-refractivity contribution in [2.75, 3.05) is 0 Å². The Labute approximate surface area is 146 Å². The van der Waals surface area contributed by atoms with Gasteiger partial charge in [-0.25, -0.2) is 0 Å². The van der Waals surface area contributed by atoms with Crippen LogP contribution in [0.1, 0.15) is 16.2 Å². The minimum Gasteiger partial charge on any atom is -0.472 e. The summed E-state index contributed by atoms with van der Waals surface area (Å²) in [4.78, 5) is 21.8. The summed E-state index contributed by atoms with van der Waals surface area (Å²) in [6.45, 7) is 0.217. The minimum atomic E-state index is -0.338. The second-order valence-corrected chi connectivity index (χ2v) is 6.05. The molecule has 4 aromatic rings. The van der Waals surface area contributed by atoms with Crippen LogP contribution in [0.25, 0.3) is 21.9 Å². The molecule has 4 aromatic heterocycles. The molecular weight excluding hydrogens is 340 g/mol. The molecule has 25 heavy (non-hydrogen) atoms. The third-order valence-electron chi connectivity index (χ3n) is 3.49. The topological polar surface area (TPSA) is 94.1 Å². The molecule has 0 fully saturated rings. The smallest absolute Gasteiger partial charge is 0.273 e. The lowest BCUT2D eigenvalue weighted by molar-refractivity contribution is 0.0941. The van der Waals surface area contributed by atoms with Gasteiger partial charge in [-0.3, -0.25) is 14.8 Å². The van der Waals surface area contributed by atoms with Gasteiger partial charge >= 0.3 is 0 Å². The first-order chi connectivity index (χ1) is 12.3. The van der Waals surface area contributed by atoms with Gasteiger partial charge in [0.05, 0.1) is 35.3 Å². The van der Waals surface area contributed by atoms with Gasteiger partial charge in [0.15, 0.2) is 11.5 Å². The first kappa shape index (κ1) is 15.3. The van der Waals surface area contributed by atoms with Crippen LogP contribution in [-0.2, 0) is 6.54 Å². The summed E-state index contributed by atoms with van der Waals surface area (Å²) >= 11 is 1.52. The van der Waals surface area contributed by atoms with E-state index in [1.54, 1.807) is 37.1 Å². The van der Waals surface area contributed by atoms with Crippen molar-refractivity contribution >= 4 is 17.2 Å². The van der Waals surface area contributed by atoms with Crippen molar-refractivity contribution in [2.45, 2.75) is 6.54 Å². The minimum absolute atomic E-state index is 0.217. The van der Waals surface area contributed by atoms with Crippen LogP contribution in [0.15, 0.2) is 63.5 Å². The van der Waals surface area contributed by atoms with E-state index < -0.39 is 0 Å². The van der Waals surface area contributed by atoms with Crippen LogP contribution >= 0.6 is 11.3 Å². The second kappa shape index (κ2) is 6.70. The molecule has 0 aliphatic rings. The third kappa shape index (κ3) is 3.20. The summed E-state index contributed by atoms with van der Waals surface area (Å²) in [7, 11) is 0. The van der Waals surface area contributed by atoms with Crippen molar-refractivity contribution < 1.29 is 13.7 Å². The number of nitrogens with zero attached hydrogens (tertiary/aromatic N) is 3. The SMILES string of the molecule is O=C(NCc1nccnc1-c1ccoc1)c1cc(-c2cccs2)on1. The molecule has 0 atom stereocenters. The lowest BCUT2D eigenvalue weighted by Gasteiger charge is -2.06. The molecule has 0 saturated carbocycles. The van der Waals surface area contributed by atoms with Gasteiger partial charge in [0.25, 0.3) is 5.91 Å². The molecule has 0 saturated heterocycles. The van der Waals surface area contributed by atoms with Crippen LogP contribution in [0.5, 0.6) is 0 Å². The van der Waals surface area contributed by atoms with Gasteiger partial charge in [-0.1, -0.05) is 11.2 Å². The normalized spacial score (nSPS) is 10.7. The van der Waals surface area contributed by atoms with E-state index in [9.17, 15) is 4.79 Å². The van der Waals surface area contributed by atoms with Crippen molar-refractivity contribution in [1.29, 1.82) is 0 Å². The van der Waals surface area contributed by atoms with E-state index in [2.05, 4.69) is 20.4 Å². The van der Waals surface area contributed by atoms with Crippen LogP contribution in [0.3, 0.4) is 0 Å². The fraction of sp³-hybridized carbons (Fsp3) is 0.0588. The van der Waals surface area contributed by atoms with Gasteiger partial charge in [-0.2, -0.15) is 0 Å². The van der Waals surface area contributed by atoms with Crippen molar-refractivity contribution in [3.05, 3.63) is 66.0 Å². The van der Waals surface area contributed by atoms with Gasteiger partial charge in [-0.05, 0) is 17.5 Å². The number of nitrogens with one attached hydrogen (secondary N) is 1. The van der Waals surface area contributed by atoms with Gasteiger partial charge in [0.2, 0.25) is 0 Å². The number of carbonyl (C=O) groups is 1. The van der Waals surface area contributed by atoms with Crippen LogP contribution in [0, 0.1) is 0 Å². The molecular formula is C17H12N4O3S. The molecule has 0 bridgehead atoms. The Bertz CT molecular complexity index is 977. The summed E-state index contributed by atoms with van der Waals surface area (Å²) in [5.41, 5.74) is 2.33. The number of furan rings is 1. The molecule has 7 nitrogen and oxygen atoms in total. The molecule has 0 radical (unpaired) electrons. The zero-order valence-corrected chi connectivity index (χ0v) is 13.7. The maximum Gasteiger partial charge on any atom is 0.273 e. The first-order valence-corrected chi connectivity index (χ1v) is 8.30. The lowest BCUT2D eigenvalue weighted by Crippen LogP contribution is -2.24. The molecule has 4 rings (SSSR count). The average molecular weight is 352 g/mol. The Morgan fingerprint density at radius 3 is 2.96 bits per heavy atom. The molecule has 0 unspecified atom stereocenters. The highest BCUT2D eigenvalue weighted by atomic mass is 32.1. The summed E-state index contributed by atoms with van der Waals surface area (Å²) in [5, 5.41) is 8.54. The Hall–Kier alpha value is -3.26. The lowest BCUT2D eigenvalue weighted by atomic mass is 10.2. The van der Waals surface area contributed by atoms with Crippen molar-refractivity contribution in [3.63, 3.8) is 0 Å². The van der Waals surface area contributed by atoms with E-state index in [1.807, 2.05) is 17.5 Å². The van der Waals surface area contributed by atoms with E-state index >= 15 is 0 Å². The molecule has 0 spiro atoms. The second-order valence-electron chi connectivity index (χ2n) is 5.10. The molecule has 8 heteroatoms. The summed E-state index contributed by atoms with van der Waals surface area (Å²) in [6, 6.07) is 7.23. The number of amides is 1. The standard InChI is InChI=1S/C17H12N4O3S/c22-17(12-8-14(24-21-12)15-2-1-7-25-15)20-9-13-16(19-5-4-18-13)11-3-6-23-10-11/h1-8,10H,9H2,(H,20,22). The summed E-state index contributed by atoms with van der Waals surface area (Å²) in [6.07, 6.45) is 6.32. The van der Waals surface area contributed by atoms with Crippen molar-refractivity contribution in [2.24, 2.45) is 0 Å². The van der Waals surface area contributed by atoms with Crippen LogP contribution in [0.4, 0.5) is 0 Å². The summed E-state index contributed by atoms with van der Waals surface area (Å²) in [5.74, 6) is 0.231. The maximum absolute atomic E-state index is 12.3. The Balaban J connectivity index is 1.48. The number of rotatable bonds is 5. The molecule has 1 N–H and O–H groups in total. The first-order valence-electron chi connectivity index (χ1n) is 7.42. The molecule has 1 amide bonds. The molecule has 4 heterocycles. The number of carbonyl (C=O) groups excluding carboxylic acids is 1. The number of thiophene rings is 1. The third-order valence-corrected chi connectivity index (χ3v) is 4.38. The van der Waals surface area contributed by atoms with Crippen LogP contribution in [-0.4, -0.2) is 21.0 Å². The molecule has 0 aliphatic carbocycles. The predicted molar refractivity (Wildman–Crippen MR) is 90.7 cm³/mol.